The third-order valence-electron chi connectivity index (χ3n) is 5.68. The maximum Gasteiger partial charge on any atom is 0.230 e. The van der Waals surface area contributed by atoms with Gasteiger partial charge in [0.2, 0.25) is 5.91 Å². The molecule has 4 nitrogen and oxygen atoms in total. The summed E-state index contributed by atoms with van der Waals surface area (Å²) in [5, 5.41) is 2.87. The van der Waals surface area contributed by atoms with Crippen LogP contribution in [0.1, 0.15) is 57.7 Å². The van der Waals surface area contributed by atoms with Crippen LogP contribution in [0, 0.1) is 5.92 Å². The fourth-order valence-corrected chi connectivity index (χ4v) is 4.85. The first-order chi connectivity index (χ1) is 13.0. The van der Waals surface area contributed by atoms with Crippen LogP contribution in [0.4, 0.5) is 10.8 Å². The second-order valence-corrected chi connectivity index (χ2v) is 8.62. The average Bonchev–Trinajstić information content (AvgIpc) is 3.10. The molecule has 0 unspecified atom stereocenters. The smallest absolute Gasteiger partial charge is 0.230 e. The van der Waals surface area contributed by atoms with Crippen molar-refractivity contribution in [1.29, 1.82) is 0 Å². The third kappa shape index (κ3) is 4.77. The predicted molar refractivity (Wildman–Crippen MR) is 114 cm³/mol. The summed E-state index contributed by atoms with van der Waals surface area (Å²) in [7, 11) is 2.20. The van der Waals surface area contributed by atoms with E-state index < -0.39 is 0 Å². The number of nitrogens with zero attached hydrogens (tertiary/aromatic N) is 3. The normalized spacial score (nSPS) is 20.0. The number of aryl methyl sites for hydroxylation is 1. The van der Waals surface area contributed by atoms with Gasteiger partial charge in [-0.2, -0.15) is 0 Å². The maximum absolute atomic E-state index is 12.4. The molecule has 0 aliphatic heterocycles. The molecule has 0 bridgehead atoms. The van der Waals surface area contributed by atoms with Gasteiger partial charge in [0.05, 0.1) is 11.4 Å². The zero-order chi connectivity index (χ0) is 19.4. The highest BCUT2D eigenvalue weighted by Gasteiger charge is 2.24. The standard InChI is InChI=1S/C22H31N3OS/c1-5-18-8-6-7-9-21(18)25(17(3)26)22-23-19(15-27-22)14-24(4)20-12-10-16(2)11-13-20/h6-9,15-16,20H,5,10-14H2,1-4H3. The number of hydrogen-bond donors (Lipinski definition) is 0. The van der Waals surface area contributed by atoms with Crippen LogP contribution in [0.3, 0.4) is 0 Å². The van der Waals surface area contributed by atoms with Crippen molar-refractivity contribution in [3.8, 4) is 0 Å². The number of carbonyl (C=O) groups excluding carboxylic acids is 1. The third-order valence-corrected chi connectivity index (χ3v) is 6.55. The number of rotatable bonds is 6. The Hall–Kier alpha value is -1.72. The van der Waals surface area contributed by atoms with E-state index in [1.807, 2.05) is 18.2 Å². The largest absolute Gasteiger partial charge is 0.298 e. The number of amides is 1. The Balaban J connectivity index is 1.75. The molecule has 27 heavy (non-hydrogen) atoms. The molecule has 0 spiro atoms. The molecule has 5 heteroatoms. The summed E-state index contributed by atoms with van der Waals surface area (Å²) in [5.41, 5.74) is 3.16. The summed E-state index contributed by atoms with van der Waals surface area (Å²) >= 11 is 1.56. The molecule has 1 aliphatic rings. The minimum Gasteiger partial charge on any atom is -0.298 e. The Morgan fingerprint density at radius 3 is 2.59 bits per heavy atom. The number of aromatic nitrogens is 1. The average molecular weight is 386 g/mol. The lowest BCUT2D eigenvalue weighted by molar-refractivity contribution is -0.115. The zero-order valence-electron chi connectivity index (χ0n) is 16.9. The number of hydrogen-bond acceptors (Lipinski definition) is 4. The molecule has 1 fully saturated rings. The van der Waals surface area contributed by atoms with E-state index >= 15 is 0 Å². The van der Waals surface area contributed by atoms with E-state index in [2.05, 4.69) is 37.2 Å². The van der Waals surface area contributed by atoms with Crippen molar-refractivity contribution in [2.45, 2.75) is 65.5 Å². The summed E-state index contributed by atoms with van der Waals surface area (Å²) < 4.78 is 0. The summed E-state index contributed by atoms with van der Waals surface area (Å²) in [4.78, 5) is 21.4. The van der Waals surface area contributed by atoms with Gasteiger partial charge in [0.15, 0.2) is 5.13 Å². The van der Waals surface area contributed by atoms with Crippen molar-refractivity contribution in [2.24, 2.45) is 5.92 Å². The van der Waals surface area contributed by atoms with E-state index in [0.717, 1.165) is 41.0 Å². The van der Waals surface area contributed by atoms with Gasteiger partial charge >= 0.3 is 0 Å². The Morgan fingerprint density at radius 1 is 1.22 bits per heavy atom. The number of para-hydroxylation sites is 1. The van der Waals surface area contributed by atoms with Gasteiger partial charge < -0.3 is 0 Å². The van der Waals surface area contributed by atoms with E-state index in [1.165, 1.54) is 25.7 Å². The van der Waals surface area contributed by atoms with Gasteiger partial charge in [0.1, 0.15) is 0 Å². The lowest BCUT2D eigenvalue weighted by Gasteiger charge is -2.33. The maximum atomic E-state index is 12.4. The fraction of sp³-hybridized carbons (Fsp3) is 0.545. The van der Waals surface area contributed by atoms with E-state index in [-0.39, 0.29) is 5.91 Å². The molecule has 1 saturated carbocycles. The molecule has 3 rings (SSSR count). The minimum absolute atomic E-state index is 0.00595. The van der Waals surface area contributed by atoms with Gasteiger partial charge in [-0.1, -0.05) is 32.0 Å². The van der Waals surface area contributed by atoms with E-state index in [1.54, 1.807) is 23.2 Å². The van der Waals surface area contributed by atoms with Crippen molar-refractivity contribution in [3.63, 3.8) is 0 Å². The van der Waals surface area contributed by atoms with Gasteiger partial charge in [-0.05, 0) is 56.7 Å². The Bertz CT molecular complexity index is 764. The summed E-state index contributed by atoms with van der Waals surface area (Å²) in [6.45, 7) is 6.93. The molecule has 146 valence electrons. The predicted octanol–water partition coefficient (Wildman–Crippen LogP) is 5.40. The molecule has 2 aromatic rings. The van der Waals surface area contributed by atoms with E-state index in [4.69, 9.17) is 4.98 Å². The van der Waals surface area contributed by atoms with Crippen molar-refractivity contribution in [1.82, 2.24) is 9.88 Å². The van der Waals surface area contributed by atoms with Crippen LogP contribution in [-0.2, 0) is 17.8 Å². The number of anilines is 2. The molecule has 0 N–H and O–H groups in total. The van der Waals surface area contributed by atoms with Crippen molar-refractivity contribution in [3.05, 3.63) is 40.9 Å². The number of benzene rings is 1. The quantitative estimate of drug-likeness (QED) is 0.668. The first-order valence-electron chi connectivity index (χ1n) is 10.0. The highest BCUT2D eigenvalue weighted by atomic mass is 32.1. The highest BCUT2D eigenvalue weighted by molar-refractivity contribution is 7.14. The van der Waals surface area contributed by atoms with Crippen LogP contribution in [-0.4, -0.2) is 28.9 Å². The zero-order valence-corrected chi connectivity index (χ0v) is 17.8. The molecule has 0 atom stereocenters. The van der Waals surface area contributed by atoms with Crippen LogP contribution in [0.25, 0.3) is 0 Å². The molecule has 1 aliphatic carbocycles. The van der Waals surface area contributed by atoms with Crippen LogP contribution in [0.2, 0.25) is 0 Å². The molecular formula is C22H31N3OS. The fourth-order valence-electron chi connectivity index (χ4n) is 3.97. The van der Waals surface area contributed by atoms with Crippen LogP contribution >= 0.6 is 11.3 Å². The first kappa shape index (κ1) is 20.0. The molecular weight excluding hydrogens is 354 g/mol. The number of carbonyl (C=O) groups is 1. The van der Waals surface area contributed by atoms with Crippen molar-refractivity contribution in [2.75, 3.05) is 11.9 Å². The van der Waals surface area contributed by atoms with Crippen molar-refractivity contribution < 1.29 is 4.79 Å². The second kappa shape index (κ2) is 8.98. The monoisotopic (exact) mass is 385 g/mol. The summed E-state index contributed by atoms with van der Waals surface area (Å²) in [5.74, 6) is 0.870. The Kier molecular flexibility index (Phi) is 6.66. The molecule has 1 aromatic heterocycles. The first-order valence-corrected chi connectivity index (χ1v) is 10.9. The van der Waals surface area contributed by atoms with Gasteiger partial charge in [-0.3, -0.25) is 14.6 Å². The topological polar surface area (TPSA) is 36.4 Å². The van der Waals surface area contributed by atoms with E-state index in [9.17, 15) is 4.79 Å². The van der Waals surface area contributed by atoms with E-state index in [0.29, 0.717) is 6.04 Å². The lowest BCUT2D eigenvalue weighted by Crippen LogP contribution is -2.34. The lowest BCUT2D eigenvalue weighted by atomic mass is 9.87. The minimum atomic E-state index is 0.00595. The van der Waals surface area contributed by atoms with Gasteiger partial charge in [-0.25, -0.2) is 4.98 Å². The molecule has 1 aromatic carbocycles. The van der Waals surface area contributed by atoms with Crippen LogP contribution in [0.5, 0.6) is 0 Å². The summed E-state index contributed by atoms with van der Waals surface area (Å²) in [6.07, 6.45) is 6.09. The van der Waals surface area contributed by atoms with Gasteiger partial charge in [0, 0.05) is 24.9 Å². The second-order valence-electron chi connectivity index (χ2n) is 7.79. The molecule has 1 heterocycles. The van der Waals surface area contributed by atoms with Gasteiger partial charge in [0.25, 0.3) is 0 Å². The summed E-state index contributed by atoms with van der Waals surface area (Å²) in [6, 6.07) is 8.75. The highest BCUT2D eigenvalue weighted by Crippen LogP contribution is 2.33. The Morgan fingerprint density at radius 2 is 1.93 bits per heavy atom. The molecule has 1 amide bonds. The molecule has 0 radical (unpaired) electrons. The SMILES string of the molecule is CCc1ccccc1N(C(C)=O)c1nc(CN(C)C2CCC(C)CC2)cs1. The van der Waals surface area contributed by atoms with Crippen LogP contribution in [0.15, 0.2) is 29.6 Å². The van der Waals surface area contributed by atoms with Crippen molar-refractivity contribution >= 4 is 28.1 Å². The Labute approximate surface area is 167 Å². The molecule has 0 saturated heterocycles. The van der Waals surface area contributed by atoms with Crippen LogP contribution < -0.4 is 4.90 Å². The van der Waals surface area contributed by atoms with Gasteiger partial charge in [-0.15, -0.1) is 11.3 Å². The number of thiazole rings is 1.